The van der Waals surface area contributed by atoms with Crippen LogP contribution in [0.25, 0.3) is 0 Å². The summed E-state index contributed by atoms with van der Waals surface area (Å²) in [6.07, 6.45) is 3.52. The van der Waals surface area contributed by atoms with Crippen molar-refractivity contribution >= 4 is 21.7 Å². The van der Waals surface area contributed by atoms with Crippen molar-refractivity contribution in [3.63, 3.8) is 0 Å². The van der Waals surface area contributed by atoms with Gasteiger partial charge in [-0.25, -0.2) is 9.97 Å². The van der Waals surface area contributed by atoms with Crippen molar-refractivity contribution in [2.75, 3.05) is 11.9 Å². The topological polar surface area (TPSA) is 37.8 Å². The van der Waals surface area contributed by atoms with E-state index in [1.54, 1.807) is 0 Å². The van der Waals surface area contributed by atoms with Crippen molar-refractivity contribution in [1.82, 2.24) is 9.97 Å². The highest BCUT2D eigenvalue weighted by molar-refractivity contribution is 9.10. The van der Waals surface area contributed by atoms with Crippen LogP contribution in [0.15, 0.2) is 4.47 Å². The predicted molar refractivity (Wildman–Crippen MR) is 69.8 cm³/mol. The number of aromatic nitrogens is 2. The molecule has 2 rings (SSSR count). The average Bonchev–Trinajstić information content (AvgIpc) is 3.00. The van der Waals surface area contributed by atoms with Gasteiger partial charge in [0.15, 0.2) is 0 Å². The van der Waals surface area contributed by atoms with Gasteiger partial charge < -0.3 is 5.32 Å². The van der Waals surface area contributed by atoms with Crippen molar-refractivity contribution in [2.45, 2.75) is 45.4 Å². The molecule has 1 aliphatic rings. The van der Waals surface area contributed by atoms with Gasteiger partial charge in [-0.3, -0.25) is 0 Å². The fraction of sp³-hybridized carbons (Fsp3) is 0.667. The van der Waals surface area contributed by atoms with Crippen molar-refractivity contribution in [3.8, 4) is 0 Å². The number of nitrogens with one attached hydrogen (secondary N) is 1. The van der Waals surface area contributed by atoms with Crippen LogP contribution in [0.3, 0.4) is 0 Å². The van der Waals surface area contributed by atoms with Gasteiger partial charge in [0.05, 0.1) is 10.2 Å². The van der Waals surface area contributed by atoms with Gasteiger partial charge in [0.25, 0.3) is 0 Å². The smallest absolute Gasteiger partial charge is 0.144 e. The highest BCUT2D eigenvalue weighted by Crippen LogP contribution is 2.46. The van der Waals surface area contributed by atoms with Gasteiger partial charge in [-0.05, 0) is 42.1 Å². The maximum atomic E-state index is 4.64. The summed E-state index contributed by atoms with van der Waals surface area (Å²) >= 11 is 3.54. The first kappa shape index (κ1) is 11.8. The van der Waals surface area contributed by atoms with Crippen LogP contribution in [0.5, 0.6) is 0 Å². The van der Waals surface area contributed by atoms with Crippen molar-refractivity contribution in [2.24, 2.45) is 0 Å². The molecule has 0 bridgehead atoms. The highest BCUT2D eigenvalue weighted by atomic mass is 79.9. The molecule has 0 aromatic carbocycles. The predicted octanol–water partition coefficient (Wildman–Crippen LogP) is 3.42. The van der Waals surface area contributed by atoms with Crippen LogP contribution < -0.4 is 5.32 Å². The third-order valence-electron chi connectivity index (χ3n) is 3.10. The number of halogens is 1. The summed E-state index contributed by atoms with van der Waals surface area (Å²) in [7, 11) is 0. The molecule has 0 unspecified atom stereocenters. The van der Waals surface area contributed by atoms with E-state index >= 15 is 0 Å². The Labute approximate surface area is 105 Å². The van der Waals surface area contributed by atoms with Crippen LogP contribution >= 0.6 is 15.9 Å². The van der Waals surface area contributed by atoms with Gasteiger partial charge in [-0.15, -0.1) is 0 Å². The monoisotopic (exact) mass is 283 g/mol. The minimum absolute atomic E-state index is 0.230. The zero-order valence-electron chi connectivity index (χ0n) is 10.1. The molecule has 1 saturated carbocycles. The molecule has 0 radical (unpaired) electrons. The maximum Gasteiger partial charge on any atom is 0.144 e. The van der Waals surface area contributed by atoms with Gasteiger partial charge in [-0.1, -0.05) is 13.8 Å². The molecule has 0 spiro atoms. The first-order valence-corrected chi connectivity index (χ1v) is 6.64. The zero-order chi connectivity index (χ0) is 11.8. The molecule has 16 heavy (non-hydrogen) atoms. The van der Waals surface area contributed by atoms with E-state index in [0.717, 1.165) is 34.8 Å². The lowest BCUT2D eigenvalue weighted by Gasteiger charge is -2.13. The van der Waals surface area contributed by atoms with Crippen LogP contribution in [-0.4, -0.2) is 16.5 Å². The average molecular weight is 284 g/mol. The molecule has 3 nitrogen and oxygen atoms in total. The van der Waals surface area contributed by atoms with Crippen LogP contribution in [0.2, 0.25) is 0 Å². The number of anilines is 1. The fourth-order valence-electron chi connectivity index (χ4n) is 1.60. The standard InChI is InChI=1S/C12H18BrN3/c1-4-7-14-10-9(13)8(2)15-11(16-10)12(3)5-6-12/h4-7H2,1-3H3,(H,14,15,16). The normalized spacial score (nSPS) is 17.2. The first-order chi connectivity index (χ1) is 7.57. The Bertz CT molecular complexity index is 399. The molecule has 1 aromatic heterocycles. The number of aryl methyl sites for hydroxylation is 1. The Balaban J connectivity index is 2.31. The number of nitrogens with zero attached hydrogens (tertiary/aromatic N) is 2. The second-order valence-corrected chi connectivity index (χ2v) is 5.58. The van der Waals surface area contributed by atoms with Crippen LogP contribution in [0, 0.1) is 6.92 Å². The lowest BCUT2D eigenvalue weighted by molar-refractivity contribution is 0.701. The van der Waals surface area contributed by atoms with Crippen molar-refractivity contribution in [1.29, 1.82) is 0 Å². The molecule has 0 aliphatic heterocycles. The summed E-state index contributed by atoms with van der Waals surface area (Å²) in [5.41, 5.74) is 1.26. The maximum absolute atomic E-state index is 4.64. The molecular formula is C12H18BrN3. The second kappa shape index (κ2) is 4.32. The van der Waals surface area contributed by atoms with Gasteiger partial charge in [0.2, 0.25) is 0 Å². The van der Waals surface area contributed by atoms with Crippen LogP contribution in [0.4, 0.5) is 5.82 Å². The highest BCUT2D eigenvalue weighted by Gasteiger charge is 2.42. The van der Waals surface area contributed by atoms with E-state index in [9.17, 15) is 0 Å². The molecule has 1 heterocycles. The Morgan fingerprint density at radius 1 is 1.38 bits per heavy atom. The molecular weight excluding hydrogens is 266 g/mol. The summed E-state index contributed by atoms with van der Waals surface area (Å²) < 4.78 is 0.994. The fourth-order valence-corrected chi connectivity index (χ4v) is 1.92. The third kappa shape index (κ3) is 2.21. The summed E-state index contributed by atoms with van der Waals surface area (Å²) in [5.74, 6) is 1.93. The lowest BCUT2D eigenvalue weighted by atomic mass is 10.1. The summed E-state index contributed by atoms with van der Waals surface area (Å²) in [4.78, 5) is 9.21. The molecule has 0 atom stereocenters. The SMILES string of the molecule is CCCNc1nc(C2(C)CC2)nc(C)c1Br. The number of rotatable bonds is 4. The van der Waals surface area contributed by atoms with Gasteiger partial charge in [0, 0.05) is 12.0 Å². The quantitative estimate of drug-likeness (QED) is 0.920. The summed E-state index contributed by atoms with van der Waals surface area (Å²) in [5, 5.41) is 3.35. The first-order valence-electron chi connectivity index (χ1n) is 5.85. The summed E-state index contributed by atoms with van der Waals surface area (Å²) in [6, 6.07) is 0. The zero-order valence-corrected chi connectivity index (χ0v) is 11.7. The van der Waals surface area contributed by atoms with E-state index < -0.39 is 0 Å². The van der Waals surface area contributed by atoms with Gasteiger partial charge in [-0.2, -0.15) is 0 Å². The molecule has 1 fully saturated rings. The molecule has 88 valence electrons. The van der Waals surface area contributed by atoms with E-state index in [2.05, 4.69) is 45.1 Å². The van der Waals surface area contributed by atoms with Crippen LogP contribution in [0.1, 0.15) is 44.6 Å². The van der Waals surface area contributed by atoms with Gasteiger partial charge in [0.1, 0.15) is 11.6 Å². The largest absolute Gasteiger partial charge is 0.369 e. The van der Waals surface area contributed by atoms with Gasteiger partial charge >= 0.3 is 0 Å². The second-order valence-electron chi connectivity index (χ2n) is 4.78. The Morgan fingerprint density at radius 2 is 2.06 bits per heavy atom. The van der Waals surface area contributed by atoms with E-state index in [1.807, 2.05) is 6.92 Å². The molecule has 1 N–H and O–H groups in total. The molecule has 1 aromatic rings. The lowest BCUT2D eigenvalue weighted by Crippen LogP contribution is -2.12. The Morgan fingerprint density at radius 3 is 2.62 bits per heavy atom. The summed E-state index contributed by atoms with van der Waals surface area (Å²) in [6.45, 7) is 7.36. The molecule has 0 saturated heterocycles. The molecule has 0 amide bonds. The Kier molecular flexibility index (Phi) is 3.19. The van der Waals surface area contributed by atoms with Crippen molar-refractivity contribution in [3.05, 3.63) is 16.0 Å². The van der Waals surface area contributed by atoms with E-state index in [-0.39, 0.29) is 5.41 Å². The molecule has 1 aliphatic carbocycles. The Hall–Kier alpha value is -0.640. The van der Waals surface area contributed by atoms with E-state index in [1.165, 1.54) is 12.8 Å². The number of hydrogen-bond acceptors (Lipinski definition) is 3. The molecule has 4 heteroatoms. The van der Waals surface area contributed by atoms with Crippen LogP contribution in [-0.2, 0) is 5.41 Å². The third-order valence-corrected chi connectivity index (χ3v) is 4.05. The number of hydrogen-bond donors (Lipinski definition) is 1. The van der Waals surface area contributed by atoms with E-state index in [0.29, 0.717) is 0 Å². The minimum atomic E-state index is 0.230. The van der Waals surface area contributed by atoms with E-state index in [4.69, 9.17) is 0 Å². The van der Waals surface area contributed by atoms with Crippen molar-refractivity contribution < 1.29 is 0 Å². The minimum Gasteiger partial charge on any atom is -0.369 e.